The predicted octanol–water partition coefficient (Wildman–Crippen LogP) is 3.51. The molecule has 1 heterocycles. The summed E-state index contributed by atoms with van der Waals surface area (Å²) in [6.45, 7) is 4.93. The van der Waals surface area contributed by atoms with E-state index in [4.69, 9.17) is 4.74 Å². The van der Waals surface area contributed by atoms with Crippen molar-refractivity contribution >= 4 is 17.2 Å². The Kier molecular flexibility index (Phi) is 5.58. The van der Waals surface area contributed by atoms with Crippen molar-refractivity contribution in [2.45, 2.75) is 13.0 Å². The maximum absolute atomic E-state index is 12.4. The molecule has 0 spiro atoms. The van der Waals surface area contributed by atoms with E-state index in [2.05, 4.69) is 6.58 Å². The number of amides is 1. The van der Waals surface area contributed by atoms with E-state index >= 15 is 0 Å². The van der Waals surface area contributed by atoms with Crippen molar-refractivity contribution in [3.05, 3.63) is 64.9 Å². The van der Waals surface area contributed by atoms with Gasteiger partial charge in [-0.1, -0.05) is 24.3 Å². The quantitative estimate of drug-likeness (QED) is 0.732. The normalized spacial score (nSPS) is 10.1. The van der Waals surface area contributed by atoms with E-state index < -0.39 is 0 Å². The summed E-state index contributed by atoms with van der Waals surface area (Å²) in [7, 11) is 1.63. The zero-order valence-electron chi connectivity index (χ0n) is 12.1. The highest BCUT2D eigenvalue weighted by Crippen LogP contribution is 2.15. The van der Waals surface area contributed by atoms with Crippen LogP contribution in [0.1, 0.15) is 10.4 Å². The Labute approximate surface area is 129 Å². The molecule has 21 heavy (non-hydrogen) atoms. The van der Waals surface area contributed by atoms with Gasteiger partial charge in [0.2, 0.25) is 5.91 Å². The average molecular weight is 301 g/mol. The minimum atomic E-state index is 0.105. The number of carbonyl (C=O) groups excluding carboxylic acids is 1. The third-order valence-corrected chi connectivity index (χ3v) is 4.00. The van der Waals surface area contributed by atoms with Crippen LogP contribution < -0.4 is 4.74 Å². The monoisotopic (exact) mass is 301 g/mol. The Balaban J connectivity index is 2.01. The third-order valence-electron chi connectivity index (χ3n) is 3.14. The number of hydrogen-bond donors (Lipinski definition) is 0. The fourth-order valence-corrected chi connectivity index (χ4v) is 2.75. The average Bonchev–Trinajstić information content (AvgIpc) is 3.00. The summed E-state index contributed by atoms with van der Waals surface area (Å²) in [5.41, 5.74) is 0.987. The van der Waals surface area contributed by atoms with Crippen LogP contribution in [0.3, 0.4) is 0 Å². The van der Waals surface area contributed by atoms with E-state index in [1.807, 2.05) is 46.7 Å². The van der Waals surface area contributed by atoms with Gasteiger partial charge in [-0.2, -0.15) is 0 Å². The summed E-state index contributed by atoms with van der Waals surface area (Å²) in [4.78, 5) is 15.4. The van der Waals surface area contributed by atoms with Gasteiger partial charge in [-0.05, 0) is 29.1 Å². The largest absolute Gasteiger partial charge is 0.497 e. The molecule has 2 rings (SSSR count). The van der Waals surface area contributed by atoms with Crippen LogP contribution in [0.4, 0.5) is 0 Å². The number of nitrogens with zero attached hydrogens (tertiary/aromatic N) is 1. The van der Waals surface area contributed by atoms with Crippen LogP contribution >= 0.6 is 11.3 Å². The van der Waals surface area contributed by atoms with E-state index in [0.717, 1.165) is 11.3 Å². The van der Waals surface area contributed by atoms with Gasteiger partial charge in [0, 0.05) is 11.4 Å². The SMILES string of the molecule is C=CCN(Cc1cccs1)C(=O)Cc1ccc(OC)cc1. The number of rotatable bonds is 7. The zero-order chi connectivity index (χ0) is 15.1. The summed E-state index contributed by atoms with van der Waals surface area (Å²) < 4.78 is 5.12. The molecule has 3 nitrogen and oxygen atoms in total. The highest BCUT2D eigenvalue weighted by atomic mass is 32.1. The van der Waals surface area contributed by atoms with Gasteiger partial charge in [0.1, 0.15) is 5.75 Å². The van der Waals surface area contributed by atoms with Gasteiger partial charge in [0.15, 0.2) is 0 Å². The predicted molar refractivity (Wildman–Crippen MR) is 86.6 cm³/mol. The Morgan fingerprint density at radius 2 is 2.10 bits per heavy atom. The van der Waals surface area contributed by atoms with E-state index in [1.165, 1.54) is 4.88 Å². The van der Waals surface area contributed by atoms with Crippen LogP contribution in [0.15, 0.2) is 54.4 Å². The third kappa shape index (κ3) is 4.46. The van der Waals surface area contributed by atoms with Crippen molar-refractivity contribution < 1.29 is 9.53 Å². The van der Waals surface area contributed by atoms with Gasteiger partial charge >= 0.3 is 0 Å². The molecule has 4 heteroatoms. The summed E-state index contributed by atoms with van der Waals surface area (Å²) in [5, 5.41) is 2.02. The maximum atomic E-state index is 12.4. The van der Waals surface area contributed by atoms with E-state index in [1.54, 1.807) is 24.5 Å². The Morgan fingerprint density at radius 1 is 1.33 bits per heavy atom. The van der Waals surface area contributed by atoms with Crippen LogP contribution in [0, 0.1) is 0 Å². The molecule has 0 fully saturated rings. The first-order valence-electron chi connectivity index (χ1n) is 6.77. The van der Waals surface area contributed by atoms with E-state index in [0.29, 0.717) is 19.5 Å². The molecule has 0 aliphatic rings. The smallest absolute Gasteiger partial charge is 0.227 e. The molecule has 1 aromatic heterocycles. The number of methoxy groups -OCH3 is 1. The Morgan fingerprint density at radius 3 is 2.67 bits per heavy atom. The van der Waals surface area contributed by atoms with Gasteiger partial charge in [-0.25, -0.2) is 0 Å². The number of thiophene rings is 1. The van der Waals surface area contributed by atoms with Crippen LogP contribution in [-0.4, -0.2) is 24.5 Å². The standard InChI is InChI=1S/C17H19NO2S/c1-3-10-18(13-16-5-4-11-21-16)17(19)12-14-6-8-15(20-2)9-7-14/h3-9,11H,1,10,12-13H2,2H3. The highest BCUT2D eigenvalue weighted by molar-refractivity contribution is 7.09. The molecule has 0 aliphatic heterocycles. The highest BCUT2D eigenvalue weighted by Gasteiger charge is 2.13. The molecule has 2 aromatic rings. The van der Waals surface area contributed by atoms with E-state index in [-0.39, 0.29) is 5.91 Å². The van der Waals surface area contributed by atoms with Crippen molar-refractivity contribution in [3.8, 4) is 5.75 Å². The van der Waals surface area contributed by atoms with Crippen LogP contribution in [0.5, 0.6) is 5.75 Å². The second-order valence-electron chi connectivity index (χ2n) is 4.67. The van der Waals surface area contributed by atoms with Gasteiger partial charge in [0.05, 0.1) is 20.1 Å². The first-order chi connectivity index (χ1) is 10.2. The Bertz CT molecular complexity index is 575. The molecule has 0 saturated carbocycles. The summed E-state index contributed by atoms with van der Waals surface area (Å²) in [6.07, 6.45) is 2.16. The molecule has 0 aliphatic carbocycles. The second-order valence-corrected chi connectivity index (χ2v) is 5.70. The van der Waals surface area contributed by atoms with Crippen molar-refractivity contribution in [3.63, 3.8) is 0 Å². The van der Waals surface area contributed by atoms with Gasteiger partial charge < -0.3 is 9.64 Å². The van der Waals surface area contributed by atoms with Gasteiger partial charge in [-0.15, -0.1) is 17.9 Å². The van der Waals surface area contributed by atoms with Crippen LogP contribution in [-0.2, 0) is 17.8 Å². The molecule has 0 bridgehead atoms. The first-order valence-corrected chi connectivity index (χ1v) is 7.65. The molecule has 0 atom stereocenters. The number of benzene rings is 1. The minimum absolute atomic E-state index is 0.105. The molecule has 110 valence electrons. The molecular weight excluding hydrogens is 282 g/mol. The fraction of sp³-hybridized carbons (Fsp3) is 0.235. The summed E-state index contributed by atoms with van der Waals surface area (Å²) in [5.74, 6) is 0.904. The molecule has 0 unspecified atom stereocenters. The molecule has 0 radical (unpaired) electrons. The van der Waals surface area contributed by atoms with Gasteiger partial charge in [0.25, 0.3) is 0 Å². The summed E-state index contributed by atoms with van der Waals surface area (Å²) >= 11 is 1.66. The van der Waals surface area contributed by atoms with Crippen molar-refractivity contribution in [2.24, 2.45) is 0 Å². The van der Waals surface area contributed by atoms with Crippen molar-refractivity contribution in [2.75, 3.05) is 13.7 Å². The van der Waals surface area contributed by atoms with Crippen molar-refractivity contribution in [1.82, 2.24) is 4.90 Å². The molecule has 0 saturated heterocycles. The topological polar surface area (TPSA) is 29.5 Å². The second kappa shape index (κ2) is 7.64. The number of hydrogen-bond acceptors (Lipinski definition) is 3. The van der Waals surface area contributed by atoms with Crippen molar-refractivity contribution in [1.29, 1.82) is 0 Å². The lowest BCUT2D eigenvalue weighted by molar-refractivity contribution is -0.130. The lowest BCUT2D eigenvalue weighted by Gasteiger charge is -2.20. The molecule has 1 aromatic carbocycles. The maximum Gasteiger partial charge on any atom is 0.227 e. The molecule has 1 amide bonds. The fourth-order valence-electron chi connectivity index (χ4n) is 2.03. The molecule has 0 N–H and O–H groups in total. The summed E-state index contributed by atoms with van der Waals surface area (Å²) in [6, 6.07) is 11.6. The number of carbonyl (C=O) groups is 1. The zero-order valence-corrected chi connectivity index (χ0v) is 12.9. The Hall–Kier alpha value is -2.07. The first kappa shape index (κ1) is 15.3. The van der Waals surface area contributed by atoms with Crippen LogP contribution in [0.25, 0.3) is 0 Å². The molecular formula is C17H19NO2S. The lowest BCUT2D eigenvalue weighted by Crippen LogP contribution is -2.31. The van der Waals surface area contributed by atoms with E-state index in [9.17, 15) is 4.79 Å². The number of ether oxygens (including phenoxy) is 1. The lowest BCUT2D eigenvalue weighted by atomic mass is 10.1. The van der Waals surface area contributed by atoms with Gasteiger partial charge in [-0.3, -0.25) is 4.79 Å². The minimum Gasteiger partial charge on any atom is -0.497 e. The van der Waals surface area contributed by atoms with Crippen LogP contribution in [0.2, 0.25) is 0 Å².